The fraction of sp³-hybridized carbons (Fsp3) is 0. The maximum Gasteiger partial charge on any atom is 0.164 e. The van der Waals surface area contributed by atoms with E-state index < -0.39 is 0 Å². The summed E-state index contributed by atoms with van der Waals surface area (Å²) >= 11 is 0. The first-order valence-corrected chi connectivity index (χ1v) is 30.3. The van der Waals surface area contributed by atoms with Gasteiger partial charge in [0.05, 0.1) is 0 Å². The van der Waals surface area contributed by atoms with Crippen LogP contribution in [0.2, 0.25) is 0 Å². The largest absolute Gasteiger partial charge is 0.508 e. The monoisotopic (exact) mass is 1220 g/mol. The lowest BCUT2D eigenvalue weighted by atomic mass is 10.1. The predicted molar refractivity (Wildman–Crippen MR) is 368 cm³/mol. The second-order valence-electron chi connectivity index (χ2n) is 22.3. The number of aromatic amines is 4. The maximum atomic E-state index is 8.63. The average molecular weight is 1220 g/mol. The summed E-state index contributed by atoms with van der Waals surface area (Å²) in [5.41, 5.74) is 12.9. The molecule has 444 valence electrons. The normalized spacial score (nSPS) is 11.5. The Balaban J connectivity index is 0.000000118. The zero-order valence-corrected chi connectivity index (χ0v) is 49.5. The molecule has 0 amide bonds. The van der Waals surface area contributed by atoms with Gasteiger partial charge in [-0.3, -0.25) is 0 Å². The number of hydrogen-bond acceptors (Lipinski definition) is 14. The van der Waals surface area contributed by atoms with Crippen LogP contribution in [0.15, 0.2) is 255 Å². The molecule has 4 aliphatic heterocycles. The number of phenols is 2. The van der Waals surface area contributed by atoms with Gasteiger partial charge in [-0.2, -0.15) is 0 Å². The number of H-pyrrole nitrogens is 4. The second-order valence-corrected chi connectivity index (χ2v) is 22.3. The molecule has 16 aromatic rings. The first kappa shape index (κ1) is 54.7. The van der Waals surface area contributed by atoms with Crippen LogP contribution < -0.4 is 0 Å². The molecule has 16 bridgehead atoms. The van der Waals surface area contributed by atoms with Gasteiger partial charge in [0, 0.05) is 87.6 Å². The number of aromatic nitrogens is 16. The topological polar surface area (TPSA) is 258 Å². The van der Waals surface area contributed by atoms with Crippen LogP contribution in [-0.4, -0.2) is 90.0 Å². The molecular weight excluding hydrogens is 1170 g/mol. The highest BCUT2D eigenvalue weighted by Gasteiger charge is 2.24. The van der Waals surface area contributed by atoms with E-state index in [0.717, 1.165) is 87.6 Å². The van der Waals surface area contributed by atoms with E-state index in [0.29, 0.717) is 103 Å². The number of nitrogens with zero attached hydrogens (tertiary/aromatic N) is 12. The molecule has 20 rings (SSSR count). The van der Waals surface area contributed by atoms with Gasteiger partial charge in [0.15, 0.2) is 46.6 Å². The highest BCUT2D eigenvalue weighted by atomic mass is 16.3. The lowest BCUT2D eigenvalue weighted by Crippen LogP contribution is -1.83. The number of fused-ring (bicyclic) bond motifs is 40. The molecule has 6 aromatic heterocycles. The smallest absolute Gasteiger partial charge is 0.164 e. The van der Waals surface area contributed by atoms with E-state index in [9.17, 15) is 0 Å². The lowest BCUT2D eigenvalue weighted by Gasteiger charge is -1.96. The molecule has 10 heterocycles. The van der Waals surface area contributed by atoms with Gasteiger partial charge in [-0.25, -0.2) is 59.8 Å². The Morgan fingerprint density at radius 1 is 0.160 bits per heavy atom. The van der Waals surface area contributed by atoms with Crippen LogP contribution in [0.3, 0.4) is 0 Å². The summed E-state index contributed by atoms with van der Waals surface area (Å²) in [6, 6.07) is 81.9. The summed E-state index contributed by atoms with van der Waals surface area (Å²) in [4.78, 5) is 73.5. The number of hydrogen-bond donors (Lipinski definition) is 6. The van der Waals surface area contributed by atoms with Gasteiger partial charge in [0.1, 0.15) is 56.7 Å². The van der Waals surface area contributed by atoms with Crippen LogP contribution in [0.25, 0.3) is 179 Å². The third-order valence-electron chi connectivity index (χ3n) is 16.4. The molecular formula is C76H48N16O2. The minimum absolute atomic E-state index is 0.322. The molecule has 0 unspecified atom stereocenters. The van der Waals surface area contributed by atoms with Crippen molar-refractivity contribution in [3.8, 4) is 103 Å². The van der Waals surface area contributed by atoms with E-state index in [1.165, 1.54) is 0 Å². The molecule has 0 aliphatic carbocycles. The third-order valence-corrected chi connectivity index (χ3v) is 16.4. The number of aromatic hydroxyl groups is 2. The van der Waals surface area contributed by atoms with Crippen molar-refractivity contribution in [2.45, 2.75) is 0 Å². The van der Waals surface area contributed by atoms with Gasteiger partial charge < -0.3 is 30.1 Å². The van der Waals surface area contributed by atoms with E-state index in [1.807, 2.05) is 206 Å². The van der Waals surface area contributed by atoms with E-state index in [-0.39, 0.29) is 0 Å². The van der Waals surface area contributed by atoms with Crippen LogP contribution in [0.1, 0.15) is 0 Å². The van der Waals surface area contributed by atoms with Crippen molar-refractivity contribution < 1.29 is 10.2 Å². The summed E-state index contributed by atoms with van der Waals surface area (Å²) in [7, 11) is 0. The number of para-hydroxylation sites is 2. The predicted octanol–water partition coefficient (Wildman–Crippen LogP) is 16.5. The SMILES string of the molecule is Oc1ccccc1.Oc1ccccc1.c1ccc2c(c1)-c1nc-2nc2[nH]c(nc3nc(nc4[nH]c(n1)c1ccccc41)-c1ccccc1-3)c1ccccc21.c1ccc2c(c1)-c1nc-2nc2[nH]c(nc3nc(nc4[nH]c(n1)c1ccccc41)-c1ccccc1-3)c1ccccc21. The van der Waals surface area contributed by atoms with E-state index in [4.69, 9.17) is 70.0 Å². The molecule has 10 aromatic carbocycles. The summed E-state index contributed by atoms with van der Waals surface area (Å²) < 4.78 is 0. The number of phenolic OH excluding ortho intramolecular Hbond substituents is 2. The summed E-state index contributed by atoms with van der Waals surface area (Å²) in [5, 5.41) is 24.9. The summed E-state index contributed by atoms with van der Waals surface area (Å²) in [5.74, 6) is 5.42. The van der Waals surface area contributed by atoms with Crippen LogP contribution in [0.5, 0.6) is 11.5 Å². The van der Waals surface area contributed by atoms with Crippen molar-refractivity contribution in [2.75, 3.05) is 0 Å². The molecule has 18 nitrogen and oxygen atoms in total. The zero-order valence-electron chi connectivity index (χ0n) is 49.5. The Hall–Kier alpha value is -13.5. The van der Waals surface area contributed by atoms with E-state index in [1.54, 1.807) is 48.5 Å². The molecule has 0 radical (unpaired) electrons. The first-order chi connectivity index (χ1) is 46.4. The minimum atomic E-state index is 0.322. The highest BCUT2D eigenvalue weighted by molar-refractivity contribution is 6.08. The zero-order chi connectivity index (χ0) is 62.6. The lowest BCUT2D eigenvalue weighted by molar-refractivity contribution is 0.475. The van der Waals surface area contributed by atoms with Crippen molar-refractivity contribution >= 4 is 88.3 Å². The quantitative estimate of drug-likeness (QED) is 0.0825. The van der Waals surface area contributed by atoms with Gasteiger partial charge in [0.2, 0.25) is 0 Å². The maximum absolute atomic E-state index is 8.63. The molecule has 6 N–H and O–H groups in total. The molecule has 0 spiro atoms. The van der Waals surface area contributed by atoms with Crippen molar-refractivity contribution in [3.05, 3.63) is 255 Å². The molecule has 94 heavy (non-hydrogen) atoms. The molecule has 0 atom stereocenters. The number of rotatable bonds is 0. The van der Waals surface area contributed by atoms with Crippen molar-refractivity contribution in [1.29, 1.82) is 0 Å². The Morgan fingerprint density at radius 3 is 0.436 bits per heavy atom. The summed E-state index contributed by atoms with van der Waals surface area (Å²) in [6.45, 7) is 0. The molecule has 0 saturated heterocycles. The highest BCUT2D eigenvalue weighted by Crippen LogP contribution is 2.40. The Labute approximate surface area is 533 Å². The van der Waals surface area contributed by atoms with Crippen molar-refractivity contribution in [2.24, 2.45) is 0 Å². The fourth-order valence-corrected chi connectivity index (χ4v) is 12.0. The Bertz CT molecular complexity index is 5050. The molecule has 4 aliphatic rings. The van der Waals surface area contributed by atoms with Gasteiger partial charge in [0.25, 0.3) is 0 Å². The van der Waals surface area contributed by atoms with Gasteiger partial charge in [-0.15, -0.1) is 0 Å². The van der Waals surface area contributed by atoms with Gasteiger partial charge in [-0.05, 0) is 24.3 Å². The van der Waals surface area contributed by atoms with Crippen LogP contribution in [0, 0.1) is 0 Å². The fourth-order valence-electron chi connectivity index (χ4n) is 12.0. The van der Waals surface area contributed by atoms with Crippen LogP contribution >= 0.6 is 0 Å². The Kier molecular flexibility index (Phi) is 13.3. The molecule has 0 fully saturated rings. The number of benzene rings is 10. The van der Waals surface area contributed by atoms with Crippen molar-refractivity contribution in [1.82, 2.24) is 79.7 Å². The second kappa shape index (κ2) is 22.8. The van der Waals surface area contributed by atoms with Gasteiger partial charge >= 0.3 is 0 Å². The molecule has 0 saturated carbocycles. The molecule has 18 heteroatoms. The van der Waals surface area contributed by atoms with Crippen molar-refractivity contribution in [3.63, 3.8) is 0 Å². The minimum Gasteiger partial charge on any atom is -0.508 e. The van der Waals surface area contributed by atoms with E-state index in [2.05, 4.69) is 19.9 Å². The Morgan fingerprint density at radius 2 is 0.298 bits per heavy atom. The summed E-state index contributed by atoms with van der Waals surface area (Å²) in [6.07, 6.45) is 0. The number of nitrogens with one attached hydrogen (secondary N) is 4. The van der Waals surface area contributed by atoms with Crippen LogP contribution in [0.4, 0.5) is 0 Å². The average Bonchev–Trinajstić information content (AvgIpc) is 1.63. The first-order valence-electron chi connectivity index (χ1n) is 30.3. The van der Waals surface area contributed by atoms with Gasteiger partial charge in [-0.1, -0.05) is 231 Å². The van der Waals surface area contributed by atoms with Crippen LogP contribution in [-0.2, 0) is 0 Å². The van der Waals surface area contributed by atoms with E-state index >= 15 is 0 Å². The third kappa shape index (κ3) is 9.88. The standard InChI is InChI=1S/2C32H18N8.2C6H6O/c2*1-2-10-18-17(9-1)25-33-26(18)38-28-21-13-5-6-14-22(21)30(35-28)40-32-24-16-8-7-15-23(24)31(36-32)39-29-20-12-4-3-11-19(20)27(34-29)37-25;2*7-6-4-2-1-3-5-6/h2*1-16H,(H2,33,34,35,36,37,38,39,40);2*1-5,7H.